The van der Waals surface area contributed by atoms with Gasteiger partial charge in [-0.15, -0.1) is 0 Å². The van der Waals surface area contributed by atoms with Crippen LogP contribution in [0.4, 0.5) is 5.69 Å². The fourth-order valence-corrected chi connectivity index (χ4v) is 4.82. The van der Waals surface area contributed by atoms with E-state index < -0.39 is 0 Å². The lowest BCUT2D eigenvalue weighted by molar-refractivity contribution is -0.122. The number of aryl methyl sites for hydroxylation is 1. The van der Waals surface area contributed by atoms with Crippen molar-refractivity contribution >= 4 is 11.6 Å². The van der Waals surface area contributed by atoms with Gasteiger partial charge in [-0.1, -0.05) is 18.2 Å². The Kier molecular flexibility index (Phi) is 3.67. The van der Waals surface area contributed by atoms with E-state index in [0.717, 1.165) is 49.5 Å². The molecule has 2 aromatic rings. The highest BCUT2D eigenvalue weighted by molar-refractivity contribution is 6.06. The van der Waals surface area contributed by atoms with Gasteiger partial charge in [-0.3, -0.25) is 4.79 Å². The van der Waals surface area contributed by atoms with Gasteiger partial charge in [0, 0.05) is 17.6 Å². The van der Waals surface area contributed by atoms with E-state index in [1.54, 1.807) is 6.26 Å². The Morgan fingerprint density at radius 1 is 1.31 bits per heavy atom. The van der Waals surface area contributed by atoms with Crippen molar-refractivity contribution in [3.63, 3.8) is 0 Å². The van der Waals surface area contributed by atoms with Gasteiger partial charge < -0.3 is 15.1 Å². The molecule has 2 unspecified atom stereocenters. The summed E-state index contributed by atoms with van der Waals surface area (Å²) in [5.41, 5.74) is 2.87. The normalized spacial score (nSPS) is 32.5. The Hall–Kier alpha value is -2.14. The van der Waals surface area contributed by atoms with Gasteiger partial charge in [-0.25, -0.2) is 4.98 Å². The number of benzene rings is 1. The standard InChI is InChI=1S/C21H25N3O2/c1-13-12-26-19(23-13)16-10-14(16)11-22-15-6-8-21(9-7-15)17-4-2-3-5-18(17)24-20(21)25/h2-5,12,14-16,22H,6-11H2,1H3,(H,24,25). The number of fused-ring (bicyclic) bond motifs is 2. The first-order chi connectivity index (χ1) is 12.7. The molecule has 2 atom stereocenters. The smallest absolute Gasteiger partial charge is 0.235 e. The van der Waals surface area contributed by atoms with E-state index in [0.29, 0.717) is 17.9 Å². The maximum absolute atomic E-state index is 12.6. The van der Waals surface area contributed by atoms with Crippen molar-refractivity contribution in [3.05, 3.63) is 47.7 Å². The second kappa shape index (κ2) is 5.95. The molecule has 3 aliphatic rings. The second-order valence-corrected chi connectivity index (χ2v) is 8.19. The van der Waals surface area contributed by atoms with Crippen molar-refractivity contribution < 1.29 is 9.21 Å². The molecular formula is C21H25N3O2. The molecule has 2 saturated carbocycles. The van der Waals surface area contributed by atoms with Crippen LogP contribution in [0.2, 0.25) is 0 Å². The number of oxazole rings is 1. The summed E-state index contributed by atoms with van der Waals surface area (Å²) in [6, 6.07) is 8.68. The Morgan fingerprint density at radius 3 is 2.88 bits per heavy atom. The molecule has 2 fully saturated rings. The molecule has 1 aliphatic heterocycles. The van der Waals surface area contributed by atoms with Crippen LogP contribution in [0.15, 0.2) is 34.9 Å². The van der Waals surface area contributed by atoms with Crippen molar-refractivity contribution in [2.24, 2.45) is 5.92 Å². The third-order valence-electron chi connectivity index (χ3n) is 6.51. The van der Waals surface area contributed by atoms with Crippen LogP contribution in [-0.4, -0.2) is 23.5 Å². The highest BCUT2D eigenvalue weighted by Crippen LogP contribution is 2.48. The van der Waals surface area contributed by atoms with Gasteiger partial charge in [0.2, 0.25) is 5.91 Å². The number of carbonyl (C=O) groups excluding carboxylic acids is 1. The van der Waals surface area contributed by atoms with Crippen LogP contribution in [0.5, 0.6) is 0 Å². The van der Waals surface area contributed by atoms with E-state index >= 15 is 0 Å². The van der Waals surface area contributed by atoms with E-state index in [4.69, 9.17) is 4.42 Å². The number of carbonyl (C=O) groups is 1. The first-order valence-electron chi connectivity index (χ1n) is 9.72. The average molecular weight is 351 g/mol. The summed E-state index contributed by atoms with van der Waals surface area (Å²) < 4.78 is 5.54. The largest absolute Gasteiger partial charge is 0.448 e. The van der Waals surface area contributed by atoms with E-state index in [9.17, 15) is 4.79 Å². The van der Waals surface area contributed by atoms with Gasteiger partial charge in [-0.2, -0.15) is 0 Å². The summed E-state index contributed by atoms with van der Waals surface area (Å²) in [5.74, 6) is 2.22. The summed E-state index contributed by atoms with van der Waals surface area (Å²) >= 11 is 0. The summed E-state index contributed by atoms with van der Waals surface area (Å²) in [5, 5.41) is 6.82. The van der Waals surface area contributed by atoms with Crippen LogP contribution in [0.25, 0.3) is 0 Å². The number of anilines is 1. The molecule has 1 aromatic carbocycles. The highest BCUT2D eigenvalue weighted by Gasteiger charge is 2.48. The molecule has 5 nitrogen and oxygen atoms in total. The van der Waals surface area contributed by atoms with Crippen LogP contribution < -0.4 is 10.6 Å². The zero-order chi connectivity index (χ0) is 17.7. The fraction of sp³-hybridized carbons (Fsp3) is 0.524. The Labute approximate surface area is 153 Å². The number of nitrogens with one attached hydrogen (secondary N) is 2. The van der Waals surface area contributed by atoms with Gasteiger partial charge in [0.15, 0.2) is 5.89 Å². The average Bonchev–Trinajstić information content (AvgIpc) is 3.23. The molecule has 1 spiro atoms. The summed E-state index contributed by atoms with van der Waals surface area (Å²) in [6.45, 7) is 2.99. The molecule has 2 N–H and O–H groups in total. The minimum atomic E-state index is -0.299. The number of nitrogens with zero attached hydrogens (tertiary/aromatic N) is 1. The predicted molar refractivity (Wildman–Crippen MR) is 99.1 cm³/mol. The minimum absolute atomic E-state index is 0.193. The molecule has 5 rings (SSSR count). The maximum Gasteiger partial charge on any atom is 0.235 e. The molecule has 0 saturated heterocycles. The second-order valence-electron chi connectivity index (χ2n) is 8.19. The molecule has 5 heteroatoms. The third kappa shape index (κ3) is 2.57. The monoisotopic (exact) mass is 351 g/mol. The van der Waals surface area contributed by atoms with E-state index in [1.807, 2.05) is 25.1 Å². The number of amides is 1. The van der Waals surface area contributed by atoms with Crippen molar-refractivity contribution in [3.8, 4) is 0 Å². The molecule has 1 aromatic heterocycles. The predicted octanol–water partition coefficient (Wildman–Crippen LogP) is 3.51. The molecule has 2 heterocycles. The van der Waals surface area contributed by atoms with Gasteiger partial charge in [-0.05, 0) is 63.1 Å². The first-order valence-corrected chi connectivity index (χ1v) is 9.72. The summed E-state index contributed by atoms with van der Waals surface area (Å²) in [4.78, 5) is 17.1. The Bertz CT molecular complexity index is 835. The molecule has 136 valence electrons. The lowest BCUT2D eigenvalue weighted by atomic mass is 9.69. The number of hydrogen-bond donors (Lipinski definition) is 2. The number of hydrogen-bond acceptors (Lipinski definition) is 4. The van der Waals surface area contributed by atoms with Gasteiger partial charge in [0.05, 0.1) is 11.1 Å². The van der Waals surface area contributed by atoms with Gasteiger partial charge in [0.1, 0.15) is 6.26 Å². The van der Waals surface area contributed by atoms with Crippen molar-refractivity contribution in [2.75, 3.05) is 11.9 Å². The first kappa shape index (κ1) is 16.1. The molecule has 0 bridgehead atoms. The summed E-state index contributed by atoms with van der Waals surface area (Å²) in [7, 11) is 0. The molecule has 1 amide bonds. The zero-order valence-corrected chi connectivity index (χ0v) is 15.1. The van der Waals surface area contributed by atoms with Crippen LogP contribution in [-0.2, 0) is 10.2 Å². The van der Waals surface area contributed by atoms with Gasteiger partial charge in [0.25, 0.3) is 0 Å². The lowest BCUT2D eigenvalue weighted by Crippen LogP contribution is -2.44. The molecule has 2 aliphatic carbocycles. The van der Waals surface area contributed by atoms with E-state index in [-0.39, 0.29) is 11.3 Å². The number of para-hydroxylation sites is 1. The van der Waals surface area contributed by atoms with E-state index in [1.165, 1.54) is 12.0 Å². The Morgan fingerprint density at radius 2 is 2.12 bits per heavy atom. The van der Waals surface area contributed by atoms with Crippen molar-refractivity contribution in [1.29, 1.82) is 0 Å². The quantitative estimate of drug-likeness (QED) is 0.885. The minimum Gasteiger partial charge on any atom is -0.448 e. The third-order valence-corrected chi connectivity index (χ3v) is 6.51. The van der Waals surface area contributed by atoms with Crippen molar-refractivity contribution in [2.45, 2.75) is 56.4 Å². The number of rotatable bonds is 4. The number of aromatic nitrogens is 1. The summed E-state index contributed by atoms with van der Waals surface area (Å²) in [6.07, 6.45) is 6.87. The molecule has 26 heavy (non-hydrogen) atoms. The lowest BCUT2D eigenvalue weighted by Gasteiger charge is -2.36. The van der Waals surface area contributed by atoms with Crippen LogP contribution in [0.1, 0.15) is 55.2 Å². The molecule has 0 radical (unpaired) electrons. The highest BCUT2D eigenvalue weighted by atomic mass is 16.3. The van der Waals surface area contributed by atoms with E-state index in [2.05, 4.69) is 21.7 Å². The van der Waals surface area contributed by atoms with Crippen molar-refractivity contribution in [1.82, 2.24) is 10.3 Å². The van der Waals surface area contributed by atoms with Crippen LogP contribution in [0.3, 0.4) is 0 Å². The zero-order valence-electron chi connectivity index (χ0n) is 15.1. The van der Waals surface area contributed by atoms with Gasteiger partial charge >= 0.3 is 0 Å². The Balaban J connectivity index is 1.17. The SMILES string of the molecule is Cc1coc(C2CC2CNC2CCC3(CC2)C(=O)Nc2ccccc23)n1. The maximum atomic E-state index is 12.6. The molecular weight excluding hydrogens is 326 g/mol. The topological polar surface area (TPSA) is 67.2 Å². The van der Waals surface area contributed by atoms with Crippen LogP contribution >= 0.6 is 0 Å². The fourth-order valence-electron chi connectivity index (χ4n) is 4.82. The van der Waals surface area contributed by atoms with Crippen LogP contribution in [0, 0.1) is 12.8 Å².